The first-order valence-corrected chi connectivity index (χ1v) is 7.43. The number of carbonyl (C=O) groups excluding carboxylic acids is 1. The van der Waals surface area contributed by atoms with Crippen LogP contribution in [0.3, 0.4) is 0 Å². The number of ether oxygens (including phenoxy) is 1. The maximum atomic E-state index is 11.7. The highest BCUT2D eigenvalue weighted by Crippen LogP contribution is 2.49. The molecule has 2 unspecified atom stereocenters. The van der Waals surface area contributed by atoms with E-state index in [4.69, 9.17) is 4.74 Å². The summed E-state index contributed by atoms with van der Waals surface area (Å²) in [5.41, 5.74) is -0.896. The fourth-order valence-electron chi connectivity index (χ4n) is 3.65. The summed E-state index contributed by atoms with van der Waals surface area (Å²) in [7, 11) is 0. The Kier molecular flexibility index (Phi) is 3.83. The second kappa shape index (κ2) is 4.97. The van der Waals surface area contributed by atoms with Crippen molar-refractivity contribution < 1.29 is 14.6 Å². The van der Waals surface area contributed by atoms with Crippen molar-refractivity contribution in [2.45, 2.75) is 77.0 Å². The van der Waals surface area contributed by atoms with E-state index in [0.29, 0.717) is 11.8 Å². The first-order chi connectivity index (χ1) is 8.71. The van der Waals surface area contributed by atoms with Gasteiger partial charge in [0.1, 0.15) is 5.60 Å². The van der Waals surface area contributed by atoms with E-state index in [1.54, 1.807) is 0 Å². The fourth-order valence-corrected chi connectivity index (χ4v) is 3.65. The Balaban J connectivity index is 1.81. The van der Waals surface area contributed by atoms with Crippen LogP contribution in [-0.4, -0.2) is 28.4 Å². The third-order valence-electron chi connectivity index (χ3n) is 4.50. The van der Waals surface area contributed by atoms with Crippen LogP contribution in [0.15, 0.2) is 0 Å². The molecule has 0 spiro atoms. The van der Waals surface area contributed by atoms with Crippen molar-refractivity contribution in [3.8, 4) is 0 Å². The SMILES string of the molecule is CCC1(O)C[C@H]2CC(NC(=O)OC(C)(C)C)C[C@H]2C1. The predicted octanol–water partition coefficient (Wildman–Crippen LogP) is 2.84. The average Bonchev–Trinajstić information content (AvgIpc) is 2.69. The van der Waals surface area contributed by atoms with Crippen molar-refractivity contribution in [2.24, 2.45) is 11.8 Å². The Morgan fingerprint density at radius 3 is 2.26 bits per heavy atom. The molecule has 2 saturated carbocycles. The second-order valence-electron chi connectivity index (χ2n) is 7.32. The summed E-state index contributed by atoms with van der Waals surface area (Å²) >= 11 is 0. The van der Waals surface area contributed by atoms with E-state index >= 15 is 0 Å². The first kappa shape index (κ1) is 14.6. The van der Waals surface area contributed by atoms with E-state index in [1.807, 2.05) is 20.8 Å². The van der Waals surface area contributed by atoms with Crippen molar-refractivity contribution in [3.05, 3.63) is 0 Å². The molecular formula is C15H27NO3. The first-order valence-electron chi connectivity index (χ1n) is 7.43. The molecule has 0 radical (unpaired) electrons. The van der Waals surface area contributed by atoms with Gasteiger partial charge in [-0.1, -0.05) is 6.92 Å². The average molecular weight is 269 g/mol. The number of nitrogens with one attached hydrogen (secondary N) is 1. The number of hydrogen-bond acceptors (Lipinski definition) is 3. The van der Waals surface area contributed by atoms with Gasteiger partial charge < -0.3 is 15.2 Å². The van der Waals surface area contributed by atoms with Crippen LogP contribution in [0.5, 0.6) is 0 Å². The largest absolute Gasteiger partial charge is 0.444 e. The minimum atomic E-state index is -0.452. The van der Waals surface area contributed by atoms with Crippen molar-refractivity contribution in [3.63, 3.8) is 0 Å². The number of carbonyl (C=O) groups is 1. The highest BCUT2D eigenvalue weighted by Gasteiger charge is 2.48. The van der Waals surface area contributed by atoms with Gasteiger partial charge in [0, 0.05) is 6.04 Å². The smallest absolute Gasteiger partial charge is 0.407 e. The topological polar surface area (TPSA) is 58.6 Å². The van der Waals surface area contributed by atoms with E-state index in [9.17, 15) is 9.90 Å². The van der Waals surface area contributed by atoms with E-state index in [-0.39, 0.29) is 12.1 Å². The lowest BCUT2D eigenvalue weighted by molar-refractivity contribution is 0.0330. The summed E-state index contributed by atoms with van der Waals surface area (Å²) in [5.74, 6) is 1.12. The monoisotopic (exact) mass is 269 g/mol. The summed E-state index contributed by atoms with van der Waals surface area (Å²) < 4.78 is 5.28. The number of alkyl carbamates (subject to hydrolysis) is 1. The molecule has 1 amide bonds. The second-order valence-corrected chi connectivity index (χ2v) is 7.32. The number of aliphatic hydroxyl groups is 1. The van der Waals surface area contributed by atoms with Gasteiger partial charge in [-0.05, 0) is 64.7 Å². The van der Waals surface area contributed by atoms with Crippen molar-refractivity contribution in [2.75, 3.05) is 0 Å². The zero-order valence-electron chi connectivity index (χ0n) is 12.5. The number of amides is 1. The van der Waals surface area contributed by atoms with Crippen molar-refractivity contribution >= 4 is 6.09 Å². The minimum Gasteiger partial charge on any atom is -0.444 e. The van der Waals surface area contributed by atoms with E-state index in [0.717, 1.165) is 32.1 Å². The summed E-state index contributed by atoms with van der Waals surface area (Å²) in [6.07, 6.45) is 4.26. The maximum Gasteiger partial charge on any atom is 0.407 e. The van der Waals surface area contributed by atoms with Crippen LogP contribution >= 0.6 is 0 Å². The molecule has 2 aliphatic carbocycles. The Hall–Kier alpha value is -0.770. The molecule has 2 rings (SSSR count). The molecule has 0 aliphatic heterocycles. The van der Waals surface area contributed by atoms with Gasteiger partial charge >= 0.3 is 6.09 Å². The van der Waals surface area contributed by atoms with Gasteiger partial charge in [0.15, 0.2) is 0 Å². The molecule has 4 heteroatoms. The Morgan fingerprint density at radius 1 is 1.32 bits per heavy atom. The molecule has 0 heterocycles. The lowest BCUT2D eigenvalue weighted by Crippen LogP contribution is -2.38. The van der Waals surface area contributed by atoms with Crippen molar-refractivity contribution in [1.82, 2.24) is 5.32 Å². The van der Waals surface area contributed by atoms with Gasteiger partial charge in [-0.3, -0.25) is 0 Å². The Labute approximate surface area is 115 Å². The normalized spacial score (nSPS) is 38.1. The van der Waals surface area contributed by atoms with Crippen LogP contribution < -0.4 is 5.32 Å². The zero-order chi connectivity index (χ0) is 14.3. The molecule has 110 valence electrons. The third kappa shape index (κ3) is 3.62. The number of rotatable bonds is 2. The number of fused-ring (bicyclic) bond motifs is 1. The lowest BCUT2D eigenvalue weighted by Gasteiger charge is -2.24. The van der Waals surface area contributed by atoms with E-state index in [1.165, 1.54) is 0 Å². The highest BCUT2D eigenvalue weighted by molar-refractivity contribution is 5.68. The molecule has 0 aromatic heterocycles. The Bertz CT molecular complexity index is 334. The third-order valence-corrected chi connectivity index (χ3v) is 4.50. The summed E-state index contributed by atoms with van der Waals surface area (Å²) in [6, 6.07) is 0.214. The molecule has 19 heavy (non-hydrogen) atoms. The summed E-state index contributed by atoms with van der Waals surface area (Å²) in [4.78, 5) is 11.7. The van der Waals surface area contributed by atoms with Gasteiger partial charge in [-0.2, -0.15) is 0 Å². The molecule has 0 bridgehead atoms. The maximum absolute atomic E-state index is 11.7. The highest BCUT2D eigenvalue weighted by atomic mass is 16.6. The molecule has 4 nitrogen and oxygen atoms in total. The molecule has 0 aromatic carbocycles. The molecule has 2 N–H and O–H groups in total. The van der Waals surface area contributed by atoms with Gasteiger partial charge in [0.05, 0.1) is 5.60 Å². The molecule has 0 saturated heterocycles. The van der Waals surface area contributed by atoms with Crippen LogP contribution in [0.25, 0.3) is 0 Å². The predicted molar refractivity (Wildman–Crippen MR) is 73.8 cm³/mol. The lowest BCUT2D eigenvalue weighted by atomic mass is 9.94. The van der Waals surface area contributed by atoms with Crippen molar-refractivity contribution in [1.29, 1.82) is 0 Å². The zero-order valence-corrected chi connectivity index (χ0v) is 12.5. The summed E-state index contributed by atoms with van der Waals surface area (Å²) in [6.45, 7) is 7.67. The van der Waals surface area contributed by atoms with Gasteiger partial charge in [-0.15, -0.1) is 0 Å². The molecule has 4 atom stereocenters. The molecule has 0 aromatic rings. The van der Waals surface area contributed by atoms with Crippen LogP contribution in [-0.2, 0) is 4.74 Å². The van der Waals surface area contributed by atoms with Crippen LogP contribution in [0.4, 0.5) is 4.79 Å². The number of hydrogen-bond donors (Lipinski definition) is 2. The fraction of sp³-hybridized carbons (Fsp3) is 0.933. The minimum absolute atomic E-state index is 0.214. The van der Waals surface area contributed by atoms with Crippen LogP contribution in [0.2, 0.25) is 0 Å². The molecule has 2 fully saturated rings. The van der Waals surface area contributed by atoms with Crippen LogP contribution in [0, 0.1) is 11.8 Å². The van der Waals surface area contributed by atoms with Gasteiger partial charge in [0.2, 0.25) is 0 Å². The van der Waals surface area contributed by atoms with Crippen LogP contribution in [0.1, 0.15) is 59.8 Å². The quantitative estimate of drug-likeness (QED) is 0.810. The summed E-state index contributed by atoms with van der Waals surface area (Å²) in [5, 5.41) is 13.3. The van der Waals surface area contributed by atoms with Gasteiger partial charge in [-0.25, -0.2) is 4.79 Å². The van der Waals surface area contributed by atoms with E-state index < -0.39 is 11.2 Å². The molecular weight excluding hydrogens is 242 g/mol. The molecule has 2 aliphatic rings. The van der Waals surface area contributed by atoms with Gasteiger partial charge in [0.25, 0.3) is 0 Å². The standard InChI is InChI=1S/C15H27NO3/c1-5-15(18)8-10-6-12(7-11(10)9-15)16-13(17)19-14(2,3)4/h10-12,18H,5-9H2,1-4H3,(H,16,17)/t10-,11+,12?,15?. The Morgan fingerprint density at radius 2 is 1.84 bits per heavy atom. The van der Waals surface area contributed by atoms with E-state index in [2.05, 4.69) is 12.2 Å².